The second kappa shape index (κ2) is 6.53. The summed E-state index contributed by atoms with van der Waals surface area (Å²) < 4.78 is 5.76. The predicted molar refractivity (Wildman–Crippen MR) is 85.7 cm³/mol. The van der Waals surface area contributed by atoms with Gasteiger partial charge in [-0.2, -0.15) is 0 Å². The van der Waals surface area contributed by atoms with Gasteiger partial charge in [-0.1, -0.05) is 36.7 Å². The van der Waals surface area contributed by atoms with Crippen molar-refractivity contribution in [1.82, 2.24) is 5.32 Å². The second-order valence-corrected chi connectivity index (χ2v) is 6.63. The zero-order chi connectivity index (χ0) is 13.8. The Bertz CT molecular complexity index is 489. The first-order chi connectivity index (χ1) is 9.81. The maximum atomic E-state index is 5.76. The summed E-state index contributed by atoms with van der Waals surface area (Å²) in [4.78, 5) is 4.78. The van der Waals surface area contributed by atoms with Crippen LogP contribution in [-0.2, 0) is 0 Å². The molecule has 3 rings (SSSR count). The SMILES string of the molecule is Cc1cccc(OCCSC2=N[C@H]3CCCC[C@@H]3N2)c1. The summed E-state index contributed by atoms with van der Waals surface area (Å²) in [5, 5.41) is 4.68. The van der Waals surface area contributed by atoms with E-state index >= 15 is 0 Å². The van der Waals surface area contributed by atoms with Crippen LogP contribution in [0.5, 0.6) is 5.75 Å². The van der Waals surface area contributed by atoms with E-state index < -0.39 is 0 Å². The van der Waals surface area contributed by atoms with Crippen LogP contribution >= 0.6 is 11.8 Å². The van der Waals surface area contributed by atoms with Crippen molar-refractivity contribution < 1.29 is 4.74 Å². The average Bonchev–Trinajstić information content (AvgIpc) is 2.86. The van der Waals surface area contributed by atoms with Gasteiger partial charge in [0.15, 0.2) is 5.17 Å². The third-order valence-corrected chi connectivity index (χ3v) is 4.77. The molecule has 0 amide bonds. The summed E-state index contributed by atoms with van der Waals surface area (Å²) >= 11 is 1.79. The van der Waals surface area contributed by atoms with E-state index in [9.17, 15) is 0 Å². The van der Waals surface area contributed by atoms with E-state index in [4.69, 9.17) is 9.73 Å². The molecule has 1 aliphatic heterocycles. The van der Waals surface area contributed by atoms with Crippen molar-refractivity contribution in [3.05, 3.63) is 29.8 Å². The van der Waals surface area contributed by atoms with Crippen LogP contribution in [0.3, 0.4) is 0 Å². The fourth-order valence-corrected chi connectivity index (χ4v) is 3.67. The van der Waals surface area contributed by atoms with E-state index in [1.54, 1.807) is 11.8 Å². The second-order valence-electron chi connectivity index (χ2n) is 5.55. The lowest BCUT2D eigenvalue weighted by Crippen LogP contribution is -2.36. The van der Waals surface area contributed by atoms with Gasteiger partial charge in [-0.3, -0.25) is 4.99 Å². The van der Waals surface area contributed by atoms with E-state index in [2.05, 4.69) is 24.4 Å². The highest BCUT2D eigenvalue weighted by atomic mass is 32.2. The predicted octanol–water partition coefficient (Wildman–Crippen LogP) is 3.38. The van der Waals surface area contributed by atoms with Gasteiger partial charge in [0.25, 0.3) is 0 Å². The molecular weight excluding hydrogens is 268 g/mol. The third-order valence-electron chi connectivity index (χ3n) is 3.90. The Labute approximate surface area is 125 Å². The summed E-state index contributed by atoms with van der Waals surface area (Å²) in [6.07, 6.45) is 5.21. The van der Waals surface area contributed by atoms with Crippen LogP contribution in [-0.4, -0.2) is 29.6 Å². The van der Waals surface area contributed by atoms with Crippen LogP contribution in [0.4, 0.5) is 0 Å². The van der Waals surface area contributed by atoms with Crippen molar-refractivity contribution in [2.24, 2.45) is 4.99 Å². The number of fused-ring (bicyclic) bond motifs is 1. The number of thioether (sulfide) groups is 1. The molecule has 1 aliphatic carbocycles. The van der Waals surface area contributed by atoms with Gasteiger partial charge in [-0.05, 0) is 37.5 Å². The molecule has 2 atom stereocenters. The van der Waals surface area contributed by atoms with Gasteiger partial charge in [0.2, 0.25) is 0 Å². The number of aryl methyl sites for hydroxylation is 1. The van der Waals surface area contributed by atoms with Crippen LogP contribution in [0.2, 0.25) is 0 Å². The molecule has 0 radical (unpaired) electrons. The molecule has 0 spiro atoms. The fourth-order valence-electron chi connectivity index (χ4n) is 2.86. The highest BCUT2D eigenvalue weighted by Crippen LogP contribution is 2.27. The van der Waals surface area contributed by atoms with Gasteiger partial charge >= 0.3 is 0 Å². The van der Waals surface area contributed by atoms with Crippen molar-refractivity contribution in [3.8, 4) is 5.75 Å². The molecule has 0 unspecified atom stereocenters. The summed E-state index contributed by atoms with van der Waals surface area (Å²) in [7, 11) is 0. The molecule has 0 bridgehead atoms. The molecule has 2 aliphatic rings. The molecule has 4 heteroatoms. The number of nitrogens with zero attached hydrogens (tertiary/aromatic N) is 1. The lowest BCUT2D eigenvalue weighted by Gasteiger charge is -2.23. The number of amidine groups is 1. The smallest absolute Gasteiger partial charge is 0.157 e. The molecule has 108 valence electrons. The zero-order valence-corrected chi connectivity index (χ0v) is 12.8. The largest absolute Gasteiger partial charge is 0.493 e. The van der Waals surface area contributed by atoms with Crippen LogP contribution in [0, 0.1) is 6.92 Å². The molecule has 20 heavy (non-hydrogen) atoms. The van der Waals surface area contributed by atoms with E-state index in [0.29, 0.717) is 12.1 Å². The van der Waals surface area contributed by atoms with Gasteiger partial charge in [0.1, 0.15) is 5.75 Å². The molecule has 1 aromatic carbocycles. The number of benzene rings is 1. The van der Waals surface area contributed by atoms with Gasteiger partial charge in [-0.15, -0.1) is 0 Å². The normalized spacial score (nSPS) is 24.8. The Morgan fingerprint density at radius 2 is 2.25 bits per heavy atom. The number of rotatable bonds is 4. The Morgan fingerprint density at radius 1 is 1.35 bits per heavy atom. The number of aliphatic imine (C=N–C) groups is 1. The first-order valence-electron chi connectivity index (χ1n) is 7.48. The Balaban J connectivity index is 1.40. The average molecular weight is 290 g/mol. The monoisotopic (exact) mass is 290 g/mol. The van der Waals surface area contributed by atoms with E-state index in [1.807, 2.05) is 12.1 Å². The highest BCUT2D eigenvalue weighted by Gasteiger charge is 2.30. The summed E-state index contributed by atoms with van der Waals surface area (Å²) in [5.74, 6) is 1.90. The number of nitrogens with one attached hydrogen (secondary N) is 1. The van der Waals surface area contributed by atoms with Crippen LogP contribution in [0.1, 0.15) is 31.2 Å². The molecule has 1 heterocycles. The minimum Gasteiger partial charge on any atom is -0.493 e. The molecular formula is C16H22N2OS. The van der Waals surface area contributed by atoms with E-state index in [0.717, 1.165) is 23.3 Å². The Kier molecular flexibility index (Phi) is 4.51. The Morgan fingerprint density at radius 3 is 3.10 bits per heavy atom. The molecule has 1 N–H and O–H groups in total. The van der Waals surface area contributed by atoms with Crippen molar-refractivity contribution >= 4 is 16.9 Å². The van der Waals surface area contributed by atoms with Gasteiger partial charge < -0.3 is 10.1 Å². The molecule has 1 aromatic rings. The summed E-state index contributed by atoms with van der Waals surface area (Å²) in [6.45, 7) is 2.81. The van der Waals surface area contributed by atoms with E-state index in [-0.39, 0.29) is 0 Å². The first-order valence-corrected chi connectivity index (χ1v) is 8.46. The standard InChI is InChI=1S/C16H22N2OS/c1-12-5-4-6-13(11-12)19-9-10-20-16-17-14-7-2-3-8-15(14)18-16/h4-6,11,14-15H,2-3,7-10H2,1H3,(H,17,18)/t14-,15-/m0/s1. The molecule has 0 aromatic heterocycles. The maximum absolute atomic E-state index is 5.76. The fraction of sp³-hybridized carbons (Fsp3) is 0.562. The van der Waals surface area contributed by atoms with E-state index in [1.165, 1.54) is 31.2 Å². The van der Waals surface area contributed by atoms with Crippen molar-refractivity contribution in [2.75, 3.05) is 12.4 Å². The van der Waals surface area contributed by atoms with Crippen LogP contribution in [0.25, 0.3) is 0 Å². The van der Waals surface area contributed by atoms with Crippen LogP contribution in [0.15, 0.2) is 29.3 Å². The minimum absolute atomic E-state index is 0.531. The molecule has 1 fully saturated rings. The lowest BCUT2D eigenvalue weighted by atomic mass is 9.92. The first kappa shape index (κ1) is 13.8. The quantitative estimate of drug-likeness (QED) is 0.863. The van der Waals surface area contributed by atoms with Crippen LogP contribution < -0.4 is 10.1 Å². The number of hydrogen-bond donors (Lipinski definition) is 1. The maximum Gasteiger partial charge on any atom is 0.157 e. The molecule has 0 saturated heterocycles. The summed E-state index contributed by atoms with van der Waals surface area (Å²) in [6, 6.07) is 9.33. The summed E-state index contributed by atoms with van der Waals surface area (Å²) in [5.41, 5.74) is 1.24. The number of ether oxygens (including phenoxy) is 1. The van der Waals surface area contributed by atoms with Crippen molar-refractivity contribution in [3.63, 3.8) is 0 Å². The minimum atomic E-state index is 0.531. The third kappa shape index (κ3) is 3.48. The van der Waals surface area contributed by atoms with Crippen molar-refractivity contribution in [1.29, 1.82) is 0 Å². The zero-order valence-electron chi connectivity index (χ0n) is 12.0. The molecule has 3 nitrogen and oxygen atoms in total. The van der Waals surface area contributed by atoms with Gasteiger partial charge in [-0.25, -0.2) is 0 Å². The molecule has 1 saturated carbocycles. The van der Waals surface area contributed by atoms with Gasteiger partial charge in [0, 0.05) is 5.75 Å². The Hall–Kier alpha value is -1.16. The van der Waals surface area contributed by atoms with Gasteiger partial charge in [0.05, 0.1) is 18.7 Å². The van der Waals surface area contributed by atoms with Crippen molar-refractivity contribution in [2.45, 2.75) is 44.7 Å². The lowest BCUT2D eigenvalue weighted by molar-refractivity contribution is 0.344. The topological polar surface area (TPSA) is 33.6 Å². The number of hydrogen-bond acceptors (Lipinski definition) is 4. The highest BCUT2D eigenvalue weighted by molar-refractivity contribution is 8.13.